The number of aliphatic carboxylic acids is 1. The summed E-state index contributed by atoms with van der Waals surface area (Å²) in [6, 6.07) is 9.81. The zero-order chi connectivity index (χ0) is 11.5. The van der Waals surface area contributed by atoms with Crippen LogP contribution < -0.4 is 5.32 Å². The van der Waals surface area contributed by atoms with Crippen molar-refractivity contribution in [1.29, 1.82) is 0 Å². The van der Waals surface area contributed by atoms with E-state index in [1.165, 1.54) is 0 Å². The Balaban J connectivity index is 1.87. The highest BCUT2D eigenvalue weighted by Gasteiger charge is 2.43. The Kier molecular flexibility index (Phi) is 2.90. The van der Waals surface area contributed by atoms with Crippen molar-refractivity contribution in [1.82, 2.24) is 5.32 Å². The van der Waals surface area contributed by atoms with E-state index in [-0.39, 0.29) is 24.3 Å². The minimum Gasteiger partial charge on any atom is -0.480 e. The Morgan fingerprint density at radius 3 is 2.62 bits per heavy atom. The fourth-order valence-corrected chi connectivity index (χ4v) is 1.85. The molecule has 0 aliphatic heterocycles. The van der Waals surface area contributed by atoms with Gasteiger partial charge in [0.2, 0.25) is 5.91 Å². The van der Waals surface area contributed by atoms with Gasteiger partial charge in [-0.25, -0.2) is 0 Å². The molecule has 1 amide bonds. The lowest BCUT2D eigenvalue weighted by molar-refractivity contribution is -0.138. The van der Waals surface area contributed by atoms with Crippen molar-refractivity contribution in [2.75, 3.05) is 6.54 Å². The number of carboxylic acids is 1. The average molecular weight is 219 g/mol. The zero-order valence-corrected chi connectivity index (χ0v) is 8.72. The van der Waals surface area contributed by atoms with Gasteiger partial charge in [0.05, 0.1) is 0 Å². The Morgan fingerprint density at radius 2 is 2.00 bits per heavy atom. The van der Waals surface area contributed by atoms with E-state index in [1.54, 1.807) is 0 Å². The van der Waals surface area contributed by atoms with Crippen molar-refractivity contribution in [3.8, 4) is 0 Å². The van der Waals surface area contributed by atoms with Crippen LogP contribution in [0.5, 0.6) is 0 Å². The summed E-state index contributed by atoms with van der Waals surface area (Å²) in [7, 11) is 0. The Labute approximate surface area is 93.3 Å². The molecule has 0 saturated heterocycles. The van der Waals surface area contributed by atoms with Gasteiger partial charge in [-0.15, -0.1) is 0 Å². The number of hydrogen-bond acceptors (Lipinski definition) is 2. The van der Waals surface area contributed by atoms with Gasteiger partial charge in [-0.05, 0) is 17.9 Å². The highest BCUT2D eigenvalue weighted by atomic mass is 16.4. The largest absolute Gasteiger partial charge is 0.480 e. The first-order valence-electron chi connectivity index (χ1n) is 5.23. The molecule has 1 aliphatic rings. The van der Waals surface area contributed by atoms with Crippen LogP contribution in [0.15, 0.2) is 30.3 Å². The van der Waals surface area contributed by atoms with Gasteiger partial charge in [-0.3, -0.25) is 9.59 Å². The van der Waals surface area contributed by atoms with Crippen LogP contribution >= 0.6 is 0 Å². The van der Waals surface area contributed by atoms with E-state index in [1.807, 2.05) is 30.3 Å². The van der Waals surface area contributed by atoms with Crippen molar-refractivity contribution in [3.63, 3.8) is 0 Å². The van der Waals surface area contributed by atoms with Crippen LogP contribution in [-0.4, -0.2) is 23.5 Å². The first kappa shape index (κ1) is 10.7. The van der Waals surface area contributed by atoms with Crippen LogP contribution in [0.2, 0.25) is 0 Å². The molecule has 2 atom stereocenters. The molecule has 2 N–H and O–H groups in total. The number of carbonyl (C=O) groups is 2. The standard InChI is InChI=1S/C12H13NO3/c14-11(15)7-13-12(16)10-6-9(10)8-4-2-1-3-5-8/h1-5,9-10H,6-7H2,(H,13,16)(H,14,15)/t9-,10+/m1/s1. The molecule has 4 nitrogen and oxygen atoms in total. The molecule has 1 aromatic carbocycles. The molecule has 1 aliphatic carbocycles. The summed E-state index contributed by atoms with van der Waals surface area (Å²) >= 11 is 0. The summed E-state index contributed by atoms with van der Waals surface area (Å²) in [6.07, 6.45) is 0.815. The highest BCUT2D eigenvalue weighted by Crippen LogP contribution is 2.47. The molecule has 16 heavy (non-hydrogen) atoms. The van der Waals surface area contributed by atoms with Gasteiger partial charge in [0.1, 0.15) is 6.54 Å². The molecule has 1 aromatic rings. The molecule has 0 unspecified atom stereocenters. The first-order valence-corrected chi connectivity index (χ1v) is 5.23. The SMILES string of the molecule is O=C(O)CNC(=O)[C@H]1C[C@@H]1c1ccccc1. The van der Waals surface area contributed by atoms with E-state index in [9.17, 15) is 9.59 Å². The van der Waals surface area contributed by atoms with Crippen molar-refractivity contribution in [2.24, 2.45) is 5.92 Å². The number of hydrogen-bond donors (Lipinski definition) is 2. The highest BCUT2D eigenvalue weighted by molar-refractivity contribution is 5.85. The van der Waals surface area contributed by atoms with E-state index in [0.717, 1.165) is 12.0 Å². The molecule has 0 aromatic heterocycles. The lowest BCUT2D eigenvalue weighted by Crippen LogP contribution is -2.30. The number of benzene rings is 1. The maximum atomic E-state index is 11.5. The van der Waals surface area contributed by atoms with Crippen molar-refractivity contribution < 1.29 is 14.7 Å². The van der Waals surface area contributed by atoms with Crippen molar-refractivity contribution >= 4 is 11.9 Å². The Bertz CT molecular complexity index is 402. The molecule has 1 fully saturated rings. The predicted molar refractivity (Wildman–Crippen MR) is 57.9 cm³/mol. The van der Waals surface area contributed by atoms with Gasteiger partial charge < -0.3 is 10.4 Å². The fourth-order valence-electron chi connectivity index (χ4n) is 1.85. The molecule has 0 spiro atoms. The second-order valence-electron chi connectivity index (χ2n) is 3.97. The molecule has 0 radical (unpaired) electrons. The normalized spacial score (nSPS) is 22.5. The van der Waals surface area contributed by atoms with Crippen molar-refractivity contribution in [2.45, 2.75) is 12.3 Å². The maximum Gasteiger partial charge on any atom is 0.322 e. The van der Waals surface area contributed by atoms with Crippen LogP contribution in [-0.2, 0) is 9.59 Å². The third-order valence-electron chi connectivity index (χ3n) is 2.77. The van der Waals surface area contributed by atoms with Gasteiger partial charge in [-0.2, -0.15) is 0 Å². The predicted octanol–water partition coefficient (Wildman–Crippen LogP) is 0.991. The average Bonchev–Trinajstić information content (AvgIpc) is 3.07. The molecule has 1 saturated carbocycles. The van der Waals surface area contributed by atoms with Gasteiger partial charge in [0.15, 0.2) is 0 Å². The van der Waals surface area contributed by atoms with Gasteiger partial charge in [-0.1, -0.05) is 30.3 Å². The van der Waals surface area contributed by atoms with E-state index in [4.69, 9.17) is 5.11 Å². The summed E-state index contributed by atoms with van der Waals surface area (Å²) in [5.74, 6) is -0.960. The lowest BCUT2D eigenvalue weighted by Gasteiger charge is -2.01. The fraction of sp³-hybridized carbons (Fsp3) is 0.333. The van der Waals surface area contributed by atoms with E-state index >= 15 is 0 Å². The zero-order valence-electron chi connectivity index (χ0n) is 8.72. The Hall–Kier alpha value is -1.84. The van der Waals surface area contributed by atoms with E-state index < -0.39 is 5.97 Å². The number of carboxylic acid groups (broad SMARTS) is 1. The summed E-state index contributed by atoms with van der Waals surface area (Å²) in [5.41, 5.74) is 1.15. The molecule has 0 bridgehead atoms. The molecule has 84 valence electrons. The number of carbonyl (C=O) groups excluding carboxylic acids is 1. The minimum absolute atomic E-state index is 0.0539. The molecule has 0 heterocycles. The summed E-state index contributed by atoms with van der Waals surface area (Å²) < 4.78 is 0. The maximum absolute atomic E-state index is 11.5. The quantitative estimate of drug-likeness (QED) is 0.793. The van der Waals surface area contributed by atoms with Crippen LogP contribution in [0.25, 0.3) is 0 Å². The van der Waals surface area contributed by atoms with Crippen LogP contribution in [0.1, 0.15) is 17.9 Å². The lowest BCUT2D eigenvalue weighted by atomic mass is 10.1. The van der Waals surface area contributed by atoms with E-state index in [0.29, 0.717) is 0 Å². The topological polar surface area (TPSA) is 66.4 Å². The smallest absolute Gasteiger partial charge is 0.322 e. The Morgan fingerprint density at radius 1 is 1.31 bits per heavy atom. The third kappa shape index (κ3) is 2.39. The number of rotatable bonds is 4. The third-order valence-corrected chi connectivity index (χ3v) is 2.77. The van der Waals surface area contributed by atoms with Gasteiger partial charge in [0, 0.05) is 5.92 Å². The second-order valence-corrected chi connectivity index (χ2v) is 3.97. The second kappa shape index (κ2) is 4.35. The monoisotopic (exact) mass is 219 g/mol. The molecular formula is C12H13NO3. The van der Waals surface area contributed by atoms with Crippen LogP contribution in [0, 0.1) is 5.92 Å². The molecule has 4 heteroatoms. The molecular weight excluding hydrogens is 206 g/mol. The van der Waals surface area contributed by atoms with Crippen molar-refractivity contribution in [3.05, 3.63) is 35.9 Å². The number of nitrogens with one attached hydrogen (secondary N) is 1. The minimum atomic E-state index is -1.01. The summed E-state index contributed by atoms with van der Waals surface area (Å²) in [5, 5.41) is 10.8. The van der Waals surface area contributed by atoms with Gasteiger partial charge in [0.25, 0.3) is 0 Å². The number of amides is 1. The summed E-state index contributed by atoms with van der Waals surface area (Å²) in [6.45, 7) is -0.295. The van der Waals surface area contributed by atoms with Crippen LogP contribution in [0.3, 0.4) is 0 Å². The first-order chi connectivity index (χ1) is 7.68. The molecule has 2 rings (SSSR count). The van der Waals surface area contributed by atoms with Gasteiger partial charge >= 0.3 is 5.97 Å². The summed E-state index contributed by atoms with van der Waals surface area (Å²) in [4.78, 5) is 21.8. The van der Waals surface area contributed by atoms with E-state index in [2.05, 4.69) is 5.32 Å². The van der Waals surface area contributed by atoms with Crippen LogP contribution in [0.4, 0.5) is 0 Å².